The normalized spacial score (nSPS) is 11.9. The lowest BCUT2D eigenvalue weighted by molar-refractivity contribution is 0.295. The highest BCUT2D eigenvalue weighted by atomic mass is 32.1. The van der Waals surface area contributed by atoms with Gasteiger partial charge in [-0.1, -0.05) is 420 Å². The van der Waals surface area contributed by atoms with Crippen molar-refractivity contribution in [3.05, 3.63) is 176 Å². The van der Waals surface area contributed by atoms with Crippen LogP contribution in [0.3, 0.4) is 0 Å². The van der Waals surface area contributed by atoms with E-state index in [1.54, 1.807) is 9.75 Å². The molecule has 0 aliphatic carbocycles. The number of rotatable bonds is 66. The Hall–Kier alpha value is -5.50. The zero-order valence-electron chi connectivity index (χ0n) is 71.6. The van der Waals surface area contributed by atoms with Crippen molar-refractivity contribution in [2.45, 2.75) is 375 Å². The Labute approximate surface area is 702 Å². The molecule has 0 aliphatic heterocycles. The van der Waals surface area contributed by atoms with Gasteiger partial charge >= 0.3 is 0 Å². The molecule has 8 aromatic rings. The highest BCUT2D eigenvalue weighted by molar-refractivity contribution is 7.24. The summed E-state index contributed by atoms with van der Waals surface area (Å²) in [5, 5.41) is 0. The Bertz CT molecular complexity index is 3770. The molecule has 0 atom stereocenters. The summed E-state index contributed by atoms with van der Waals surface area (Å²) >= 11 is 8.11. The summed E-state index contributed by atoms with van der Waals surface area (Å²) in [5.74, 6) is 1.82. The lowest BCUT2D eigenvalue weighted by atomic mass is 10.0. The quantitative estimate of drug-likeness (QED) is 0.0279. The van der Waals surface area contributed by atoms with Gasteiger partial charge in [0.1, 0.15) is 11.5 Å². The Morgan fingerprint density at radius 1 is 0.223 bits per heavy atom. The van der Waals surface area contributed by atoms with E-state index >= 15 is 0 Å². The van der Waals surface area contributed by atoms with Crippen LogP contribution in [0.1, 0.15) is 404 Å². The van der Waals surface area contributed by atoms with Gasteiger partial charge in [0.2, 0.25) is 0 Å². The van der Waals surface area contributed by atoms with Crippen molar-refractivity contribution in [1.82, 2.24) is 0 Å². The molecular weight excluding hydrogens is 1430 g/mol. The maximum absolute atomic E-state index is 6.83. The molecule has 112 heavy (non-hydrogen) atoms. The SMILES string of the molecule is CCCCCCCCCCCCCCCCc1ccc(-c2sc(-c3ccc(/C=C/c4ccc(/C=C/c5cc(OCCCCCCCC)c(/C=C/c6ccc(-c7cc(CCCCCC)c(-c8ccc(CCCCCCCCCCCCCCCC)s8)s7)cc6)cc5OCCCCCCCC)cc4)cc3)cc2CCCCCC)s1. The second kappa shape index (κ2) is 58.4. The third-order valence-electron chi connectivity index (χ3n) is 22.9. The monoisotopic (exact) mass is 1590 g/mol. The number of ether oxygens (including phenoxy) is 2. The van der Waals surface area contributed by atoms with Crippen molar-refractivity contribution in [3.8, 4) is 51.9 Å². The molecule has 0 fully saturated rings. The third-order valence-corrected chi connectivity index (χ3v) is 28.0. The number of hydrogen-bond donors (Lipinski definition) is 0. The molecular formula is C106H152O2S4. The summed E-state index contributed by atoms with van der Waals surface area (Å²) < 4.78 is 13.7. The fraction of sp³-hybridized carbons (Fsp3) is 0.566. The lowest BCUT2D eigenvalue weighted by Gasteiger charge is -2.16. The number of hydrogen-bond acceptors (Lipinski definition) is 6. The lowest BCUT2D eigenvalue weighted by Crippen LogP contribution is -2.03. The molecule has 2 nitrogen and oxygen atoms in total. The van der Waals surface area contributed by atoms with E-state index in [1.165, 1.54) is 376 Å². The summed E-state index contributed by atoms with van der Waals surface area (Å²) in [4.78, 5) is 11.8. The van der Waals surface area contributed by atoms with Gasteiger partial charge in [-0.25, -0.2) is 0 Å². The minimum absolute atomic E-state index is 0.697. The number of benzene rings is 4. The number of unbranched alkanes of at least 4 members (excludes halogenated alkanes) is 42. The molecule has 8 rings (SSSR count). The van der Waals surface area contributed by atoms with E-state index in [2.05, 4.69) is 222 Å². The summed E-state index contributed by atoms with van der Waals surface area (Å²) in [6, 6.07) is 46.8. The van der Waals surface area contributed by atoms with Gasteiger partial charge < -0.3 is 9.47 Å². The van der Waals surface area contributed by atoms with E-state index in [1.807, 2.05) is 22.7 Å². The molecule has 0 unspecified atom stereocenters. The first-order valence-electron chi connectivity index (χ1n) is 46.6. The molecule has 0 spiro atoms. The van der Waals surface area contributed by atoms with Crippen LogP contribution < -0.4 is 9.47 Å². The molecule has 0 saturated carbocycles. The van der Waals surface area contributed by atoms with Crippen LogP contribution in [0.5, 0.6) is 11.5 Å². The summed E-state index contributed by atoms with van der Waals surface area (Å²) in [5.41, 5.74) is 12.5. The Kier molecular flexibility index (Phi) is 47.9. The highest BCUT2D eigenvalue weighted by Gasteiger charge is 2.18. The van der Waals surface area contributed by atoms with Gasteiger partial charge in [-0.3, -0.25) is 0 Å². The van der Waals surface area contributed by atoms with Crippen LogP contribution >= 0.6 is 45.3 Å². The van der Waals surface area contributed by atoms with E-state index in [0.29, 0.717) is 13.2 Å². The molecule has 0 saturated heterocycles. The Balaban J connectivity index is 0.903. The predicted molar refractivity (Wildman–Crippen MR) is 507 cm³/mol. The van der Waals surface area contributed by atoms with Crippen LogP contribution in [0.4, 0.5) is 0 Å². The van der Waals surface area contributed by atoms with Gasteiger partial charge in [0.15, 0.2) is 0 Å². The second-order valence-electron chi connectivity index (χ2n) is 32.8. The summed E-state index contributed by atoms with van der Waals surface area (Å²) in [6.07, 6.45) is 82.7. The first-order chi connectivity index (χ1) is 55.4. The zero-order valence-corrected chi connectivity index (χ0v) is 74.9. The molecule has 0 N–H and O–H groups in total. The first kappa shape index (κ1) is 92.0. The Morgan fingerprint density at radius 3 is 0.777 bits per heavy atom. The van der Waals surface area contributed by atoms with E-state index < -0.39 is 0 Å². The maximum Gasteiger partial charge on any atom is 0.127 e. The van der Waals surface area contributed by atoms with Crippen molar-refractivity contribution in [1.29, 1.82) is 0 Å². The molecule has 6 heteroatoms. The van der Waals surface area contributed by atoms with Crippen molar-refractivity contribution in [2.75, 3.05) is 13.2 Å². The predicted octanol–water partition coefficient (Wildman–Crippen LogP) is 36.9. The van der Waals surface area contributed by atoms with Crippen LogP contribution in [0.25, 0.3) is 76.8 Å². The number of aryl methyl sites for hydroxylation is 4. The van der Waals surface area contributed by atoms with Gasteiger partial charge in [0.05, 0.1) is 13.2 Å². The van der Waals surface area contributed by atoms with Crippen LogP contribution in [0.15, 0.2) is 121 Å². The highest BCUT2D eigenvalue weighted by Crippen LogP contribution is 2.45. The van der Waals surface area contributed by atoms with Crippen molar-refractivity contribution in [3.63, 3.8) is 0 Å². The van der Waals surface area contributed by atoms with Crippen LogP contribution in [0.2, 0.25) is 0 Å². The van der Waals surface area contributed by atoms with Gasteiger partial charge in [-0.15, -0.1) is 45.3 Å². The van der Waals surface area contributed by atoms with Gasteiger partial charge in [0, 0.05) is 50.1 Å². The van der Waals surface area contributed by atoms with Gasteiger partial charge in [-0.2, -0.15) is 0 Å². The van der Waals surface area contributed by atoms with Crippen molar-refractivity contribution < 1.29 is 9.47 Å². The van der Waals surface area contributed by atoms with Crippen molar-refractivity contribution >= 4 is 81.8 Å². The molecule has 4 aromatic heterocycles. The Morgan fingerprint density at radius 2 is 0.473 bits per heavy atom. The molecule has 0 amide bonds. The van der Waals surface area contributed by atoms with E-state index in [4.69, 9.17) is 9.47 Å². The standard InChI is InChI=1S/C106H152O2S4/c1-7-13-19-25-29-31-33-35-37-39-41-43-45-51-57-97-77-79-101(109-97)105-95(55-49-23-17-11-5)85-103(111-105)91-71-65-89(66-72-91)64-61-87-59-62-88(63-60-87)69-75-93-83-100(108-82-54-48-28-22-16-10-4)94(84-99(93)107-81-53-47-27-21-15-9-3)76-70-90-67-73-92(74-68-90)104-86-96(56-50-24-18-12-6)106(112-104)102-80-78-98(110-102)58-52-46-44-42-40-38-36-34-32-30-26-20-14-8-2/h59-80,83-86H,7-58,81-82H2,1-6H3/b64-61+,75-69+,76-70+. The van der Waals surface area contributed by atoms with Gasteiger partial charge in [-0.05, 0) is 157 Å². The molecule has 0 aliphatic rings. The second-order valence-corrected chi connectivity index (χ2v) is 37.3. The number of thiophene rings is 4. The summed E-state index contributed by atoms with van der Waals surface area (Å²) in [6.45, 7) is 15.2. The van der Waals surface area contributed by atoms with E-state index in [-0.39, 0.29) is 0 Å². The average molecular weight is 1590 g/mol. The fourth-order valence-electron chi connectivity index (χ4n) is 15.7. The van der Waals surface area contributed by atoms with E-state index in [9.17, 15) is 0 Å². The largest absolute Gasteiger partial charge is 0.493 e. The zero-order chi connectivity index (χ0) is 78.4. The fourth-order valence-corrected chi connectivity index (χ4v) is 20.5. The average Bonchev–Trinajstić information content (AvgIpc) is 1.30. The molecule has 4 aromatic carbocycles. The minimum atomic E-state index is 0.697. The molecule has 0 bridgehead atoms. The molecule has 612 valence electrons. The first-order valence-corrected chi connectivity index (χ1v) is 49.9. The van der Waals surface area contributed by atoms with Crippen LogP contribution in [-0.4, -0.2) is 13.2 Å². The smallest absolute Gasteiger partial charge is 0.127 e. The topological polar surface area (TPSA) is 18.5 Å². The summed E-state index contributed by atoms with van der Waals surface area (Å²) in [7, 11) is 0. The third kappa shape index (κ3) is 36.3. The van der Waals surface area contributed by atoms with Gasteiger partial charge in [0.25, 0.3) is 0 Å². The van der Waals surface area contributed by atoms with E-state index in [0.717, 1.165) is 53.9 Å². The minimum Gasteiger partial charge on any atom is -0.493 e. The van der Waals surface area contributed by atoms with Crippen molar-refractivity contribution in [2.24, 2.45) is 0 Å². The van der Waals surface area contributed by atoms with Crippen LogP contribution in [0, 0.1) is 0 Å². The maximum atomic E-state index is 6.83. The van der Waals surface area contributed by atoms with Crippen LogP contribution in [-0.2, 0) is 25.7 Å². The molecule has 4 heterocycles. The molecule has 0 radical (unpaired) electrons.